The molecule has 0 bridgehead atoms. The Balaban J connectivity index is 1.28. The number of unbranched alkanes of at least 4 members (excludes halogenated alkanes) is 6. The van der Waals surface area contributed by atoms with E-state index < -0.39 is 11.6 Å². The molecule has 0 aromatic rings. The zero-order valence-electron chi connectivity index (χ0n) is 23.3. The first-order valence-electron chi connectivity index (χ1n) is 14.8. The van der Waals surface area contributed by atoms with Crippen LogP contribution >= 0.6 is 0 Å². The summed E-state index contributed by atoms with van der Waals surface area (Å²) < 4.78 is 0. The molecule has 0 aromatic carbocycles. The predicted molar refractivity (Wildman–Crippen MR) is 148 cm³/mol. The van der Waals surface area contributed by atoms with E-state index in [1.807, 2.05) is 6.21 Å². The van der Waals surface area contributed by atoms with Crippen molar-refractivity contribution < 1.29 is 20.1 Å². The Morgan fingerprint density at radius 1 is 1.16 bits per heavy atom. The van der Waals surface area contributed by atoms with Crippen LogP contribution in [-0.2, 0) is 4.79 Å². The zero-order chi connectivity index (χ0) is 26.7. The van der Waals surface area contributed by atoms with Crippen LogP contribution in [0.15, 0.2) is 4.99 Å². The summed E-state index contributed by atoms with van der Waals surface area (Å²) in [5.41, 5.74) is -1.22. The fourth-order valence-corrected chi connectivity index (χ4v) is 6.23. The maximum Gasteiger partial charge on any atom is 0.306 e. The molecule has 2 fully saturated rings. The number of carboxylic acid groups (broad SMARTS) is 1. The van der Waals surface area contributed by atoms with Crippen molar-refractivity contribution in [1.29, 1.82) is 0 Å². The minimum Gasteiger partial charge on any atom is -0.481 e. The lowest BCUT2D eigenvalue weighted by molar-refractivity contribution is -0.143. The molecule has 5 atom stereocenters. The highest BCUT2D eigenvalue weighted by Gasteiger charge is 2.37. The summed E-state index contributed by atoms with van der Waals surface area (Å²) >= 11 is 0. The lowest BCUT2D eigenvalue weighted by atomic mass is 9.87. The summed E-state index contributed by atoms with van der Waals surface area (Å²) in [7, 11) is 0. The number of piperidine rings is 2. The first-order valence-corrected chi connectivity index (χ1v) is 14.8. The van der Waals surface area contributed by atoms with Crippen LogP contribution in [0.4, 0.5) is 0 Å². The number of hydrogen-bond donors (Lipinski definition) is 6. The Hall–Kier alpha value is -1.10. The Morgan fingerprint density at radius 3 is 2.49 bits per heavy atom. The monoisotopic (exact) mass is 523 g/mol. The number of nitrogens with one attached hydrogen (secondary N) is 3. The van der Waals surface area contributed by atoms with Crippen molar-refractivity contribution in [1.82, 2.24) is 20.9 Å². The number of hydrogen-bond acceptors (Lipinski definition) is 8. The topological polar surface area (TPSA) is 129 Å². The van der Waals surface area contributed by atoms with Crippen LogP contribution in [0, 0.1) is 0 Å². The van der Waals surface area contributed by atoms with Gasteiger partial charge in [-0.2, -0.15) is 0 Å². The van der Waals surface area contributed by atoms with E-state index in [-0.39, 0.29) is 24.1 Å². The number of aliphatic hydroxyl groups excluding tert-OH is 1. The van der Waals surface area contributed by atoms with Gasteiger partial charge in [0.1, 0.15) is 0 Å². The van der Waals surface area contributed by atoms with Crippen molar-refractivity contribution in [3.8, 4) is 0 Å². The summed E-state index contributed by atoms with van der Waals surface area (Å²) in [6.07, 6.45) is 13.7. The Labute approximate surface area is 223 Å². The highest BCUT2D eigenvalue weighted by molar-refractivity contribution is 5.68. The van der Waals surface area contributed by atoms with E-state index in [4.69, 9.17) is 0 Å². The molecule has 3 heterocycles. The maximum absolute atomic E-state index is 11.4. The predicted octanol–water partition coefficient (Wildman–Crippen LogP) is 2.26. The van der Waals surface area contributed by atoms with Crippen molar-refractivity contribution >= 4 is 12.2 Å². The normalized spacial score (nSPS) is 29.8. The van der Waals surface area contributed by atoms with Crippen molar-refractivity contribution in [3.05, 3.63) is 0 Å². The fourth-order valence-electron chi connectivity index (χ4n) is 6.23. The molecule has 0 radical (unpaired) electrons. The molecule has 3 aliphatic rings. The quantitative estimate of drug-likeness (QED) is 0.170. The molecule has 9 heteroatoms. The number of rotatable bonds is 16. The Kier molecular flexibility index (Phi) is 12.3. The number of aliphatic imine (C=N–C) groups is 1. The minimum absolute atomic E-state index is 0.0367. The van der Waals surface area contributed by atoms with E-state index in [0.717, 1.165) is 71.2 Å². The lowest BCUT2D eigenvalue weighted by Crippen LogP contribution is -2.60. The van der Waals surface area contributed by atoms with Crippen molar-refractivity contribution in [2.45, 2.75) is 133 Å². The summed E-state index contributed by atoms with van der Waals surface area (Å²) in [6, 6.07) is 0.903. The van der Waals surface area contributed by atoms with Gasteiger partial charge < -0.3 is 31.3 Å². The number of β-amino-alcohol motifs (C(OH)–C–C–N with tert-alkyl or cyclic N) is 1. The smallest absolute Gasteiger partial charge is 0.306 e. The molecule has 0 aliphatic carbocycles. The van der Waals surface area contributed by atoms with Gasteiger partial charge in [-0.1, -0.05) is 44.9 Å². The number of aliphatic carboxylic acids is 1. The molecule has 0 unspecified atom stereocenters. The molecule has 6 N–H and O–H groups in total. The molecule has 0 amide bonds. The molecule has 3 rings (SSSR count). The molecule has 9 nitrogen and oxygen atoms in total. The average Bonchev–Trinajstić information content (AvgIpc) is 3.39. The van der Waals surface area contributed by atoms with Gasteiger partial charge in [-0.15, -0.1) is 0 Å². The molecular weight excluding hydrogens is 470 g/mol. The second-order valence-electron chi connectivity index (χ2n) is 12.2. The summed E-state index contributed by atoms with van der Waals surface area (Å²) in [5.74, 6) is -0.935. The first-order chi connectivity index (χ1) is 17.7. The van der Waals surface area contributed by atoms with Gasteiger partial charge in [-0.05, 0) is 59.0 Å². The molecular formula is C28H53N5O4. The van der Waals surface area contributed by atoms with Gasteiger partial charge in [-0.3, -0.25) is 14.7 Å². The third kappa shape index (κ3) is 10.2. The highest BCUT2D eigenvalue weighted by Crippen LogP contribution is 2.26. The van der Waals surface area contributed by atoms with Crippen molar-refractivity contribution in [2.24, 2.45) is 4.99 Å². The van der Waals surface area contributed by atoms with Gasteiger partial charge in [0.05, 0.1) is 24.8 Å². The molecule has 0 spiro atoms. The van der Waals surface area contributed by atoms with Gasteiger partial charge >= 0.3 is 5.97 Å². The molecule has 2 saturated heterocycles. The van der Waals surface area contributed by atoms with Crippen LogP contribution in [0.3, 0.4) is 0 Å². The lowest BCUT2D eigenvalue weighted by Gasteiger charge is -2.43. The molecule has 0 saturated carbocycles. The van der Waals surface area contributed by atoms with Crippen LogP contribution in [-0.4, -0.2) is 101 Å². The van der Waals surface area contributed by atoms with Crippen LogP contribution < -0.4 is 16.0 Å². The largest absolute Gasteiger partial charge is 0.481 e. The van der Waals surface area contributed by atoms with Crippen molar-refractivity contribution in [3.63, 3.8) is 0 Å². The van der Waals surface area contributed by atoms with Gasteiger partial charge in [0.25, 0.3) is 0 Å². The maximum atomic E-state index is 11.4. The van der Waals surface area contributed by atoms with Crippen LogP contribution in [0.1, 0.15) is 97.3 Å². The van der Waals surface area contributed by atoms with E-state index in [1.54, 1.807) is 0 Å². The van der Waals surface area contributed by atoms with Crippen LogP contribution in [0.2, 0.25) is 0 Å². The third-order valence-corrected chi connectivity index (χ3v) is 8.87. The Morgan fingerprint density at radius 2 is 1.84 bits per heavy atom. The molecule has 0 aromatic heterocycles. The second kappa shape index (κ2) is 14.9. The van der Waals surface area contributed by atoms with Crippen LogP contribution in [0.25, 0.3) is 0 Å². The summed E-state index contributed by atoms with van der Waals surface area (Å²) in [6.45, 7) is 8.13. The SMILES string of the molecule is C[C@@H]1N[C@H](CCCCCCCCC[C@](O)(CNC2(C)CCNCC2)CC(=O)O)[C@@H](N2CC=NC2)C[C@H]1O. The van der Waals surface area contributed by atoms with E-state index in [9.17, 15) is 20.1 Å². The number of carboxylic acids is 1. The standard InChI is InChI=1S/C28H53N5O4/c1-22-25(34)18-24(33-17-16-30-21-33)23(32-22)10-8-6-4-3-5-7-9-11-28(37,19-26(35)36)20-31-27(2)12-14-29-15-13-27/h16,22-25,29,31-32,34,37H,3-15,17-21H2,1-2H3,(H,35,36)/t22-,23+,24-,25+,28+/m0/s1. The molecule has 3 aliphatic heterocycles. The van der Waals surface area contributed by atoms with Gasteiger partial charge in [0, 0.05) is 43.0 Å². The third-order valence-electron chi connectivity index (χ3n) is 8.87. The fraction of sp³-hybridized carbons (Fsp3) is 0.929. The van der Waals surface area contributed by atoms with Crippen molar-refractivity contribution in [2.75, 3.05) is 32.8 Å². The van der Waals surface area contributed by atoms with E-state index in [0.29, 0.717) is 25.0 Å². The van der Waals surface area contributed by atoms with E-state index >= 15 is 0 Å². The second-order valence-corrected chi connectivity index (χ2v) is 12.2. The number of aliphatic hydroxyl groups is 2. The van der Waals surface area contributed by atoms with Gasteiger partial charge in [0.2, 0.25) is 0 Å². The van der Waals surface area contributed by atoms with E-state index in [2.05, 4.69) is 39.7 Å². The first kappa shape index (κ1) is 30.4. The molecule has 37 heavy (non-hydrogen) atoms. The zero-order valence-corrected chi connectivity index (χ0v) is 23.3. The molecule has 214 valence electrons. The number of nitrogens with zero attached hydrogens (tertiary/aromatic N) is 2. The van der Waals surface area contributed by atoms with Crippen LogP contribution in [0.5, 0.6) is 0 Å². The average molecular weight is 524 g/mol. The minimum atomic E-state index is -1.19. The van der Waals surface area contributed by atoms with Gasteiger partial charge in [-0.25, -0.2) is 0 Å². The number of carbonyl (C=O) groups is 1. The van der Waals surface area contributed by atoms with Gasteiger partial charge in [0.15, 0.2) is 0 Å². The summed E-state index contributed by atoms with van der Waals surface area (Å²) in [4.78, 5) is 18.1. The summed E-state index contributed by atoms with van der Waals surface area (Å²) in [5, 5.41) is 41.3. The Bertz CT molecular complexity index is 709. The highest BCUT2D eigenvalue weighted by atomic mass is 16.4. The van der Waals surface area contributed by atoms with E-state index in [1.165, 1.54) is 25.7 Å².